The predicted octanol–water partition coefficient (Wildman–Crippen LogP) is 0.372. The minimum absolute atomic E-state index is 0.0778. The van der Waals surface area contributed by atoms with Gasteiger partial charge in [-0.2, -0.15) is 5.26 Å². The lowest BCUT2D eigenvalue weighted by molar-refractivity contribution is -0.121. The second-order valence-electron chi connectivity index (χ2n) is 3.95. The lowest BCUT2D eigenvalue weighted by atomic mass is 10.1. The number of nitrogens with zero attached hydrogens (tertiary/aromatic N) is 1. The van der Waals surface area contributed by atoms with Crippen LogP contribution in [-0.4, -0.2) is 31.4 Å². The minimum atomic E-state index is -3.31. The zero-order valence-corrected chi connectivity index (χ0v) is 10.1. The molecular weight excluding hydrogens is 228 g/mol. The maximum atomic E-state index is 11.7. The maximum absolute atomic E-state index is 11.7. The summed E-state index contributed by atoms with van der Waals surface area (Å²) in [6.07, 6.45) is 2.23. The van der Waals surface area contributed by atoms with Crippen LogP contribution in [-0.2, 0) is 14.6 Å². The number of carbonyl (C=O) groups excluding carboxylic acids is 1. The van der Waals surface area contributed by atoms with E-state index in [4.69, 9.17) is 5.26 Å². The topological polar surface area (TPSA) is 87.0 Å². The zero-order chi connectivity index (χ0) is 12.2. The van der Waals surface area contributed by atoms with Crippen LogP contribution in [0.2, 0.25) is 0 Å². The molecule has 0 spiro atoms. The van der Waals surface area contributed by atoms with Gasteiger partial charge in [-0.3, -0.25) is 4.79 Å². The molecule has 1 aliphatic heterocycles. The molecule has 0 aromatic rings. The monoisotopic (exact) mass is 244 g/mol. The van der Waals surface area contributed by atoms with Crippen LogP contribution in [0.5, 0.6) is 0 Å². The lowest BCUT2D eigenvalue weighted by Crippen LogP contribution is -2.46. The van der Waals surface area contributed by atoms with Gasteiger partial charge < -0.3 is 5.32 Å². The summed E-state index contributed by atoms with van der Waals surface area (Å²) < 4.78 is 23.3. The first-order valence-corrected chi connectivity index (χ1v) is 7.14. The van der Waals surface area contributed by atoms with Gasteiger partial charge in [0.25, 0.3) is 0 Å². The molecule has 0 aromatic heterocycles. The van der Waals surface area contributed by atoms with Gasteiger partial charge in [0.15, 0.2) is 9.84 Å². The molecule has 1 heterocycles. The Kier molecular flexibility index (Phi) is 4.30. The largest absolute Gasteiger partial charge is 0.339 e. The van der Waals surface area contributed by atoms with Crippen LogP contribution in [0.1, 0.15) is 32.6 Å². The third-order valence-corrected chi connectivity index (χ3v) is 4.93. The van der Waals surface area contributed by atoms with E-state index >= 15 is 0 Å². The molecule has 1 amide bonds. The summed E-state index contributed by atoms with van der Waals surface area (Å²) in [7, 11) is -3.31. The Hall–Kier alpha value is -1.09. The average Bonchev–Trinajstić information content (AvgIpc) is 2.24. The number of rotatable bonds is 3. The van der Waals surface area contributed by atoms with E-state index in [0.29, 0.717) is 19.3 Å². The highest BCUT2D eigenvalue weighted by Gasteiger charge is 2.35. The van der Waals surface area contributed by atoms with E-state index in [9.17, 15) is 13.2 Å². The molecule has 1 rings (SSSR count). The number of carbonyl (C=O) groups is 1. The van der Waals surface area contributed by atoms with Gasteiger partial charge in [0.1, 0.15) is 11.3 Å². The van der Waals surface area contributed by atoms with Gasteiger partial charge in [-0.15, -0.1) is 0 Å². The third-order valence-electron chi connectivity index (χ3n) is 2.75. The summed E-state index contributed by atoms with van der Waals surface area (Å²) >= 11 is 0. The summed E-state index contributed by atoms with van der Waals surface area (Å²) in [6, 6.07) is 1.33. The number of nitrogens with one attached hydrogen (secondary N) is 1. The molecule has 0 saturated carbocycles. The van der Waals surface area contributed by atoms with Gasteiger partial charge in [-0.1, -0.05) is 13.3 Å². The Morgan fingerprint density at radius 3 is 2.75 bits per heavy atom. The van der Waals surface area contributed by atoms with Crippen LogP contribution in [0.4, 0.5) is 0 Å². The second-order valence-corrected chi connectivity index (χ2v) is 6.25. The Bertz CT molecular complexity index is 397. The molecule has 1 N–H and O–H groups in total. The molecule has 2 unspecified atom stereocenters. The van der Waals surface area contributed by atoms with E-state index in [1.807, 2.05) is 6.07 Å². The van der Waals surface area contributed by atoms with Crippen LogP contribution in [0.3, 0.4) is 0 Å². The molecular formula is C10H16N2O3S. The highest BCUT2D eigenvalue weighted by atomic mass is 32.2. The van der Waals surface area contributed by atoms with E-state index in [2.05, 4.69) is 5.32 Å². The number of sulfone groups is 1. The zero-order valence-electron chi connectivity index (χ0n) is 9.27. The third kappa shape index (κ3) is 2.95. The highest BCUT2D eigenvalue weighted by Crippen LogP contribution is 2.19. The number of amides is 1. The van der Waals surface area contributed by atoms with Gasteiger partial charge >= 0.3 is 0 Å². The summed E-state index contributed by atoms with van der Waals surface area (Å²) in [5.74, 6) is -0.442. The Balaban J connectivity index is 2.70. The van der Waals surface area contributed by atoms with Gasteiger partial charge in [0, 0.05) is 0 Å². The first-order valence-electron chi connectivity index (χ1n) is 5.43. The molecule has 0 bridgehead atoms. The van der Waals surface area contributed by atoms with Crippen molar-refractivity contribution in [2.45, 2.75) is 43.9 Å². The van der Waals surface area contributed by atoms with E-state index in [1.54, 1.807) is 6.92 Å². The van der Waals surface area contributed by atoms with Gasteiger partial charge in [-0.05, 0) is 19.3 Å². The standard InChI is InChI=1S/C10H16N2O3S/c1-2-8(7-11)12-10(13)9-5-3-4-6-16(9,14)15/h8-9H,2-6H2,1H3,(H,12,13). The smallest absolute Gasteiger partial charge is 0.239 e. The van der Waals surface area contributed by atoms with Gasteiger partial charge in [0.2, 0.25) is 5.91 Å². The van der Waals surface area contributed by atoms with Crippen LogP contribution in [0, 0.1) is 11.3 Å². The summed E-state index contributed by atoms with van der Waals surface area (Å²) in [5, 5.41) is 10.2. The van der Waals surface area contributed by atoms with Crippen molar-refractivity contribution in [3.8, 4) is 6.07 Å². The van der Waals surface area contributed by atoms with Crippen LogP contribution in [0.15, 0.2) is 0 Å². The first-order chi connectivity index (χ1) is 7.51. The van der Waals surface area contributed by atoms with Crippen molar-refractivity contribution in [3.05, 3.63) is 0 Å². The van der Waals surface area contributed by atoms with Crippen molar-refractivity contribution in [1.29, 1.82) is 5.26 Å². The van der Waals surface area contributed by atoms with Crippen LogP contribution >= 0.6 is 0 Å². The maximum Gasteiger partial charge on any atom is 0.239 e. The first kappa shape index (κ1) is 13.0. The van der Waals surface area contributed by atoms with E-state index < -0.39 is 27.0 Å². The van der Waals surface area contributed by atoms with Crippen LogP contribution in [0.25, 0.3) is 0 Å². The van der Waals surface area contributed by atoms with Crippen molar-refractivity contribution in [2.75, 3.05) is 5.75 Å². The molecule has 16 heavy (non-hydrogen) atoms. The molecule has 0 aliphatic carbocycles. The predicted molar refractivity (Wildman–Crippen MR) is 59.3 cm³/mol. The molecule has 6 heteroatoms. The lowest BCUT2D eigenvalue weighted by Gasteiger charge is -2.22. The number of nitriles is 1. The summed E-state index contributed by atoms with van der Waals surface area (Å²) in [6.45, 7) is 1.77. The van der Waals surface area contributed by atoms with E-state index in [0.717, 1.165) is 6.42 Å². The fourth-order valence-electron chi connectivity index (χ4n) is 1.74. The Morgan fingerprint density at radius 1 is 1.56 bits per heavy atom. The van der Waals surface area contributed by atoms with Gasteiger partial charge in [-0.25, -0.2) is 8.42 Å². The van der Waals surface area contributed by atoms with Crippen LogP contribution < -0.4 is 5.32 Å². The summed E-state index contributed by atoms with van der Waals surface area (Å²) in [5.41, 5.74) is 0. The number of hydrogen-bond donors (Lipinski definition) is 1. The molecule has 5 nitrogen and oxygen atoms in total. The fraction of sp³-hybridized carbons (Fsp3) is 0.800. The molecule has 0 aromatic carbocycles. The normalized spacial score (nSPS) is 25.4. The van der Waals surface area contributed by atoms with Crippen molar-refractivity contribution in [3.63, 3.8) is 0 Å². The highest BCUT2D eigenvalue weighted by molar-refractivity contribution is 7.92. The van der Waals surface area contributed by atoms with E-state index in [1.165, 1.54) is 0 Å². The minimum Gasteiger partial charge on any atom is -0.339 e. The van der Waals surface area contributed by atoms with E-state index in [-0.39, 0.29) is 5.75 Å². The van der Waals surface area contributed by atoms with Crippen molar-refractivity contribution in [2.24, 2.45) is 0 Å². The fourth-order valence-corrected chi connectivity index (χ4v) is 3.55. The molecule has 1 fully saturated rings. The Morgan fingerprint density at radius 2 is 2.25 bits per heavy atom. The van der Waals surface area contributed by atoms with Crippen molar-refractivity contribution in [1.82, 2.24) is 5.32 Å². The molecule has 1 saturated heterocycles. The second kappa shape index (κ2) is 5.30. The van der Waals surface area contributed by atoms with Crippen molar-refractivity contribution >= 4 is 15.7 Å². The Labute approximate surface area is 95.7 Å². The number of hydrogen-bond acceptors (Lipinski definition) is 4. The van der Waals surface area contributed by atoms with Crippen molar-refractivity contribution < 1.29 is 13.2 Å². The average molecular weight is 244 g/mol. The summed E-state index contributed by atoms with van der Waals surface area (Å²) in [4.78, 5) is 11.7. The molecule has 0 radical (unpaired) electrons. The SMILES string of the molecule is CCC(C#N)NC(=O)C1CCCCS1(=O)=O. The van der Waals surface area contributed by atoms with Gasteiger partial charge in [0.05, 0.1) is 11.8 Å². The quantitative estimate of drug-likeness (QED) is 0.777. The molecule has 90 valence electrons. The molecule has 1 aliphatic rings. The molecule has 2 atom stereocenters.